The predicted molar refractivity (Wildman–Crippen MR) is 104 cm³/mol. The molecule has 0 saturated carbocycles. The molecule has 1 atom stereocenters. The van der Waals surface area contributed by atoms with Crippen LogP contribution in [-0.4, -0.2) is 49.4 Å². The summed E-state index contributed by atoms with van der Waals surface area (Å²) in [7, 11) is 0. The smallest absolute Gasteiger partial charge is 0.233 e. The average Bonchev–Trinajstić information content (AvgIpc) is 3.14. The summed E-state index contributed by atoms with van der Waals surface area (Å²) in [6.07, 6.45) is 4.47. The highest BCUT2D eigenvalue weighted by Gasteiger charge is 2.25. The minimum atomic E-state index is 0.186. The minimum Gasteiger partial charge on any atom is -0.339 e. The molecule has 1 fully saturated rings. The summed E-state index contributed by atoms with van der Waals surface area (Å²) >= 11 is 1.41. The summed E-state index contributed by atoms with van der Waals surface area (Å²) in [5.74, 6) is 1.05. The third-order valence-corrected chi connectivity index (χ3v) is 5.89. The van der Waals surface area contributed by atoms with Crippen LogP contribution in [0.15, 0.2) is 29.4 Å². The number of hydrogen-bond acceptors (Lipinski definition) is 5. The first-order valence-electron chi connectivity index (χ1n) is 9.41. The maximum absolute atomic E-state index is 12.7. The lowest BCUT2D eigenvalue weighted by molar-refractivity contribution is -0.132. The maximum atomic E-state index is 12.7. The molecular weight excluding hydrogens is 346 g/mol. The number of nitrogens with zero attached hydrogens (tertiary/aromatic N) is 5. The number of carbonyl (C=O) groups is 1. The molecule has 0 aliphatic carbocycles. The van der Waals surface area contributed by atoms with E-state index in [2.05, 4.69) is 48.4 Å². The number of likely N-dealkylation sites (tertiary alicyclic amines) is 1. The van der Waals surface area contributed by atoms with Crippen molar-refractivity contribution < 1.29 is 4.79 Å². The van der Waals surface area contributed by atoms with Gasteiger partial charge in [-0.2, -0.15) is 4.68 Å². The van der Waals surface area contributed by atoms with E-state index in [-0.39, 0.29) is 5.91 Å². The number of benzene rings is 1. The Morgan fingerprint density at radius 3 is 2.73 bits per heavy atom. The van der Waals surface area contributed by atoms with Crippen molar-refractivity contribution in [3.05, 3.63) is 29.8 Å². The number of hydrogen-bond donors (Lipinski definition) is 0. The van der Waals surface area contributed by atoms with Crippen LogP contribution in [-0.2, 0) is 4.79 Å². The third-order valence-electron chi connectivity index (χ3n) is 4.99. The van der Waals surface area contributed by atoms with Gasteiger partial charge in [0.25, 0.3) is 0 Å². The van der Waals surface area contributed by atoms with Crippen molar-refractivity contribution in [1.29, 1.82) is 0 Å². The quantitative estimate of drug-likeness (QED) is 0.723. The van der Waals surface area contributed by atoms with Gasteiger partial charge in [-0.25, -0.2) is 0 Å². The summed E-state index contributed by atoms with van der Waals surface area (Å²) in [5.41, 5.74) is 2.20. The SMILES string of the molecule is CC[C@H]1CCCCN1C(=O)CSc1nnnn1-c1ccc(C(C)C)cc1. The number of carbonyl (C=O) groups excluding carboxylic acids is 1. The van der Waals surface area contributed by atoms with Crippen molar-refractivity contribution in [2.45, 2.75) is 63.6 Å². The first-order chi connectivity index (χ1) is 12.6. The van der Waals surface area contributed by atoms with E-state index in [1.165, 1.54) is 23.7 Å². The van der Waals surface area contributed by atoms with Gasteiger partial charge in [0.2, 0.25) is 11.1 Å². The van der Waals surface area contributed by atoms with Gasteiger partial charge in [0.05, 0.1) is 11.4 Å². The Kier molecular flexibility index (Phi) is 6.29. The molecule has 3 rings (SSSR count). The van der Waals surface area contributed by atoms with Gasteiger partial charge in [0.15, 0.2) is 0 Å². The lowest BCUT2D eigenvalue weighted by Gasteiger charge is -2.35. The van der Waals surface area contributed by atoms with Crippen molar-refractivity contribution in [3.63, 3.8) is 0 Å². The number of aromatic nitrogens is 4. The van der Waals surface area contributed by atoms with Crippen LogP contribution in [0, 0.1) is 0 Å². The first-order valence-corrected chi connectivity index (χ1v) is 10.4. The Morgan fingerprint density at radius 2 is 2.04 bits per heavy atom. The van der Waals surface area contributed by atoms with Crippen LogP contribution in [0.1, 0.15) is 57.9 Å². The van der Waals surface area contributed by atoms with Gasteiger partial charge >= 0.3 is 0 Å². The summed E-state index contributed by atoms with van der Waals surface area (Å²) in [4.78, 5) is 14.7. The second kappa shape index (κ2) is 8.66. The maximum Gasteiger partial charge on any atom is 0.233 e. The number of thioether (sulfide) groups is 1. The zero-order valence-corrected chi connectivity index (χ0v) is 16.6. The molecule has 1 saturated heterocycles. The molecular formula is C19H27N5OS. The van der Waals surface area contributed by atoms with Crippen LogP contribution in [0.5, 0.6) is 0 Å². The van der Waals surface area contributed by atoms with E-state index >= 15 is 0 Å². The Balaban J connectivity index is 1.66. The van der Waals surface area contributed by atoms with Gasteiger partial charge in [-0.05, 0) is 59.7 Å². The Morgan fingerprint density at radius 1 is 1.27 bits per heavy atom. The van der Waals surface area contributed by atoms with Crippen LogP contribution in [0.2, 0.25) is 0 Å². The standard InChI is InChI=1S/C19H27N5OS/c1-4-16-7-5-6-12-23(16)18(25)13-26-19-20-21-22-24(19)17-10-8-15(9-11-17)14(2)3/h8-11,14,16H,4-7,12-13H2,1-3H3/t16-/m0/s1. The van der Waals surface area contributed by atoms with Crippen LogP contribution in [0.3, 0.4) is 0 Å². The molecule has 0 unspecified atom stereocenters. The van der Waals surface area contributed by atoms with E-state index in [1.807, 2.05) is 17.0 Å². The fraction of sp³-hybridized carbons (Fsp3) is 0.579. The Hall–Kier alpha value is -1.89. The molecule has 7 heteroatoms. The topological polar surface area (TPSA) is 63.9 Å². The van der Waals surface area contributed by atoms with Gasteiger partial charge in [-0.3, -0.25) is 4.79 Å². The van der Waals surface area contributed by atoms with Crippen molar-refractivity contribution in [2.75, 3.05) is 12.3 Å². The van der Waals surface area contributed by atoms with Crippen LogP contribution >= 0.6 is 11.8 Å². The third kappa shape index (κ3) is 4.26. The van der Waals surface area contributed by atoms with Crippen LogP contribution in [0.4, 0.5) is 0 Å². The minimum absolute atomic E-state index is 0.186. The number of rotatable bonds is 6. The molecule has 140 valence electrons. The average molecular weight is 374 g/mol. The van der Waals surface area contributed by atoms with Crippen molar-refractivity contribution in [2.24, 2.45) is 0 Å². The Bertz CT molecular complexity index is 728. The molecule has 0 N–H and O–H groups in total. The fourth-order valence-electron chi connectivity index (χ4n) is 3.39. The fourth-order valence-corrected chi connectivity index (χ4v) is 4.17. The molecule has 1 aromatic heterocycles. The monoisotopic (exact) mass is 373 g/mol. The summed E-state index contributed by atoms with van der Waals surface area (Å²) in [6, 6.07) is 8.63. The van der Waals surface area contributed by atoms with Crippen LogP contribution < -0.4 is 0 Å². The van der Waals surface area contributed by atoms with Gasteiger partial charge < -0.3 is 4.90 Å². The molecule has 1 aliphatic heterocycles. The van der Waals surface area contributed by atoms with E-state index in [0.29, 0.717) is 22.9 Å². The molecule has 6 nitrogen and oxygen atoms in total. The van der Waals surface area contributed by atoms with E-state index in [9.17, 15) is 4.79 Å². The summed E-state index contributed by atoms with van der Waals surface area (Å²) < 4.78 is 1.70. The van der Waals surface area contributed by atoms with Gasteiger partial charge in [0, 0.05) is 12.6 Å². The number of tetrazole rings is 1. The van der Waals surface area contributed by atoms with E-state index in [0.717, 1.165) is 31.5 Å². The first kappa shape index (κ1) is 18.9. The zero-order chi connectivity index (χ0) is 18.5. The highest BCUT2D eigenvalue weighted by Crippen LogP contribution is 2.24. The summed E-state index contributed by atoms with van der Waals surface area (Å²) in [5, 5.41) is 12.6. The molecule has 1 aromatic carbocycles. The molecule has 26 heavy (non-hydrogen) atoms. The van der Waals surface area contributed by atoms with Gasteiger partial charge in [-0.1, -0.05) is 44.7 Å². The number of amides is 1. The normalized spacial score (nSPS) is 17.7. The van der Waals surface area contributed by atoms with E-state index in [4.69, 9.17) is 0 Å². The summed E-state index contributed by atoms with van der Waals surface area (Å²) in [6.45, 7) is 7.37. The highest BCUT2D eigenvalue weighted by molar-refractivity contribution is 7.99. The molecule has 0 radical (unpaired) electrons. The largest absolute Gasteiger partial charge is 0.339 e. The number of piperidine rings is 1. The predicted octanol–water partition coefficient (Wildman–Crippen LogP) is 3.67. The van der Waals surface area contributed by atoms with E-state index < -0.39 is 0 Å². The lowest BCUT2D eigenvalue weighted by atomic mass is 10.0. The molecule has 0 bridgehead atoms. The molecule has 1 aliphatic rings. The van der Waals surface area contributed by atoms with Crippen molar-refractivity contribution in [3.8, 4) is 5.69 Å². The molecule has 2 aromatic rings. The Labute approximate surface area is 159 Å². The van der Waals surface area contributed by atoms with Crippen molar-refractivity contribution >= 4 is 17.7 Å². The second-order valence-corrected chi connectivity index (χ2v) is 8.00. The van der Waals surface area contributed by atoms with Gasteiger partial charge in [-0.15, -0.1) is 5.10 Å². The molecule has 2 heterocycles. The molecule has 0 spiro atoms. The van der Waals surface area contributed by atoms with Crippen LogP contribution in [0.25, 0.3) is 5.69 Å². The zero-order valence-electron chi connectivity index (χ0n) is 15.8. The molecule has 1 amide bonds. The van der Waals surface area contributed by atoms with Gasteiger partial charge in [0.1, 0.15) is 0 Å². The lowest BCUT2D eigenvalue weighted by Crippen LogP contribution is -2.44. The van der Waals surface area contributed by atoms with E-state index in [1.54, 1.807) is 4.68 Å². The second-order valence-electron chi connectivity index (χ2n) is 7.05. The highest BCUT2D eigenvalue weighted by atomic mass is 32.2. The van der Waals surface area contributed by atoms with Crippen molar-refractivity contribution in [1.82, 2.24) is 25.1 Å².